The molecule has 0 aromatic heterocycles. The number of amides is 1. The summed E-state index contributed by atoms with van der Waals surface area (Å²) < 4.78 is 5.23. The summed E-state index contributed by atoms with van der Waals surface area (Å²) in [5, 5.41) is 0. The van der Waals surface area contributed by atoms with Crippen LogP contribution in [0.25, 0.3) is 0 Å². The van der Waals surface area contributed by atoms with Gasteiger partial charge < -0.3 is 15.4 Å². The second kappa shape index (κ2) is 6.78. The van der Waals surface area contributed by atoms with Gasteiger partial charge in [-0.05, 0) is 37.5 Å². The van der Waals surface area contributed by atoms with Crippen molar-refractivity contribution in [1.29, 1.82) is 0 Å². The molecule has 0 radical (unpaired) electrons. The first-order valence-electron chi connectivity index (χ1n) is 6.33. The van der Waals surface area contributed by atoms with E-state index >= 15 is 0 Å². The SMILES string of the molecule is COc1cccc(C2CCCN2C(=O)[C@@H](C)N)c1.Cl. The Hall–Kier alpha value is -1.26. The number of carbonyl (C=O) groups excluding carboxylic acids is 1. The van der Waals surface area contributed by atoms with E-state index in [4.69, 9.17) is 10.5 Å². The number of hydrogen-bond donors (Lipinski definition) is 1. The Balaban J connectivity index is 0.00000180. The molecule has 1 aromatic carbocycles. The lowest BCUT2D eigenvalue weighted by atomic mass is 10.0. The Kier molecular flexibility index (Phi) is 5.63. The van der Waals surface area contributed by atoms with E-state index in [0.29, 0.717) is 0 Å². The van der Waals surface area contributed by atoms with E-state index in [9.17, 15) is 4.79 Å². The molecule has 19 heavy (non-hydrogen) atoms. The molecule has 4 nitrogen and oxygen atoms in total. The monoisotopic (exact) mass is 284 g/mol. The van der Waals surface area contributed by atoms with Crippen LogP contribution in [-0.4, -0.2) is 30.5 Å². The van der Waals surface area contributed by atoms with Gasteiger partial charge >= 0.3 is 0 Å². The van der Waals surface area contributed by atoms with Crippen LogP contribution in [0, 0.1) is 0 Å². The molecule has 1 unspecified atom stereocenters. The quantitative estimate of drug-likeness (QED) is 0.925. The molecule has 1 aromatic rings. The van der Waals surface area contributed by atoms with Crippen LogP contribution in [0.4, 0.5) is 0 Å². The topological polar surface area (TPSA) is 55.6 Å². The molecule has 0 bridgehead atoms. The number of rotatable bonds is 3. The van der Waals surface area contributed by atoms with Gasteiger partial charge in [-0.1, -0.05) is 12.1 Å². The number of hydrogen-bond acceptors (Lipinski definition) is 3. The van der Waals surface area contributed by atoms with Crippen molar-refractivity contribution in [2.75, 3.05) is 13.7 Å². The molecule has 106 valence electrons. The third kappa shape index (κ3) is 3.39. The molecular weight excluding hydrogens is 264 g/mol. The number of ether oxygens (including phenoxy) is 1. The lowest BCUT2D eigenvalue weighted by Crippen LogP contribution is -2.41. The first kappa shape index (κ1) is 15.8. The van der Waals surface area contributed by atoms with Crippen molar-refractivity contribution in [2.45, 2.75) is 31.8 Å². The Morgan fingerprint density at radius 3 is 2.89 bits per heavy atom. The molecule has 1 aliphatic rings. The predicted molar refractivity (Wildman–Crippen MR) is 77.6 cm³/mol. The zero-order valence-corrected chi connectivity index (χ0v) is 12.2. The van der Waals surface area contributed by atoms with Gasteiger partial charge in [0.25, 0.3) is 0 Å². The smallest absolute Gasteiger partial charge is 0.239 e. The minimum absolute atomic E-state index is 0. The summed E-state index contributed by atoms with van der Waals surface area (Å²) in [5.74, 6) is 0.855. The van der Waals surface area contributed by atoms with E-state index in [0.717, 1.165) is 30.7 Å². The van der Waals surface area contributed by atoms with Gasteiger partial charge in [-0.15, -0.1) is 12.4 Å². The molecule has 2 atom stereocenters. The number of halogens is 1. The van der Waals surface area contributed by atoms with Crippen LogP contribution in [0.15, 0.2) is 24.3 Å². The second-order valence-corrected chi connectivity index (χ2v) is 4.75. The number of benzene rings is 1. The van der Waals surface area contributed by atoms with Crippen LogP contribution in [-0.2, 0) is 4.79 Å². The summed E-state index contributed by atoms with van der Waals surface area (Å²) in [4.78, 5) is 13.9. The number of nitrogens with zero attached hydrogens (tertiary/aromatic N) is 1. The van der Waals surface area contributed by atoms with Gasteiger partial charge in [-0.25, -0.2) is 0 Å². The maximum absolute atomic E-state index is 12.1. The van der Waals surface area contributed by atoms with Gasteiger partial charge in [-0.2, -0.15) is 0 Å². The number of methoxy groups -OCH3 is 1. The Morgan fingerprint density at radius 1 is 1.53 bits per heavy atom. The predicted octanol–water partition coefficient (Wildman–Crippen LogP) is 2.13. The molecular formula is C14H21ClN2O2. The standard InChI is InChI=1S/C14H20N2O2.ClH/c1-10(15)14(17)16-8-4-7-13(16)11-5-3-6-12(9-11)18-2;/h3,5-6,9-10,13H,4,7-8,15H2,1-2H3;1H/t10-,13?;/m1./s1. The Morgan fingerprint density at radius 2 is 2.26 bits per heavy atom. The van der Waals surface area contributed by atoms with E-state index in [1.807, 2.05) is 29.2 Å². The summed E-state index contributed by atoms with van der Waals surface area (Å²) in [6.07, 6.45) is 2.02. The second-order valence-electron chi connectivity index (χ2n) is 4.75. The molecule has 0 saturated carbocycles. The van der Waals surface area contributed by atoms with Crippen LogP contribution in [0.5, 0.6) is 5.75 Å². The van der Waals surface area contributed by atoms with Crippen molar-refractivity contribution in [3.05, 3.63) is 29.8 Å². The van der Waals surface area contributed by atoms with Gasteiger partial charge in [0.1, 0.15) is 5.75 Å². The fraction of sp³-hybridized carbons (Fsp3) is 0.500. The Bertz CT molecular complexity index is 437. The third-order valence-electron chi connectivity index (χ3n) is 3.40. The Labute approximate surface area is 120 Å². The fourth-order valence-corrected chi connectivity index (χ4v) is 2.49. The van der Waals surface area contributed by atoms with Gasteiger partial charge in [0.15, 0.2) is 0 Å². The van der Waals surface area contributed by atoms with Crippen LogP contribution < -0.4 is 10.5 Å². The summed E-state index contributed by atoms with van der Waals surface area (Å²) >= 11 is 0. The van der Waals surface area contributed by atoms with Gasteiger partial charge in [-0.3, -0.25) is 4.79 Å². The van der Waals surface area contributed by atoms with Crippen molar-refractivity contribution in [3.8, 4) is 5.75 Å². The number of likely N-dealkylation sites (tertiary alicyclic amines) is 1. The zero-order valence-electron chi connectivity index (χ0n) is 11.3. The van der Waals surface area contributed by atoms with E-state index in [2.05, 4.69) is 0 Å². The summed E-state index contributed by atoms with van der Waals surface area (Å²) in [5.41, 5.74) is 6.82. The van der Waals surface area contributed by atoms with Crippen molar-refractivity contribution in [1.82, 2.24) is 4.90 Å². The number of carbonyl (C=O) groups is 1. The van der Waals surface area contributed by atoms with Crippen LogP contribution in [0.3, 0.4) is 0 Å². The summed E-state index contributed by atoms with van der Waals surface area (Å²) in [7, 11) is 1.65. The molecule has 1 aliphatic heterocycles. The first-order chi connectivity index (χ1) is 8.63. The molecule has 5 heteroatoms. The lowest BCUT2D eigenvalue weighted by Gasteiger charge is -2.26. The van der Waals surface area contributed by atoms with Gasteiger partial charge in [0.05, 0.1) is 19.2 Å². The van der Waals surface area contributed by atoms with E-state index in [1.165, 1.54) is 0 Å². The highest BCUT2D eigenvalue weighted by molar-refractivity contribution is 5.85. The first-order valence-corrected chi connectivity index (χ1v) is 6.33. The lowest BCUT2D eigenvalue weighted by molar-refractivity contribution is -0.133. The van der Waals surface area contributed by atoms with Crippen molar-refractivity contribution >= 4 is 18.3 Å². The minimum Gasteiger partial charge on any atom is -0.497 e. The summed E-state index contributed by atoms with van der Waals surface area (Å²) in [6.45, 7) is 2.53. The van der Waals surface area contributed by atoms with Crippen molar-refractivity contribution in [2.24, 2.45) is 5.73 Å². The van der Waals surface area contributed by atoms with E-state index in [-0.39, 0.29) is 24.4 Å². The normalized spacial score (nSPS) is 19.7. The largest absolute Gasteiger partial charge is 0.497 e. The average molecular weight is 285 g/mol. The summed E-state index contributed by atoms with van der Waals surface area (Å²) in [6, 6.07) is 7.61. The maximum atomic E-state index is 12.1. The maximum Gasteiger partial charge on any atom is 0.239 e. The zero-order chi connectivity index (χ0) is 13.1. The molecule has 1 amide bonds. The van der Waals surface area contributed by atoms with Crippen LogP contribution in [0.2, 0.25) is 0 Å². The van der Waals surface area contributed by atoms with Crippen LogP contribution >= 0.6 is 12.4 Å². The van der Waals surface area contributed by atoms with Gasteiger partial charge in [0, 0.05) is 6.54 Å². The molecule has 1 saturated heterocycles. The van der Waals surface area contributed by atoms with Gasteiger partial charge in [0.2, 0.25) is 5.91 Å². The fourth-order valence-electron chi connectivity index (χ4n) is 2.49. The van der Waals surface area contributed by atoms with Crippen molar-refractivity contribution in [3.63, 3.8) is 0 Å². The molecule has 2 rings (SSSR count). The third-order valence-corrected chi connectivity index (χ3v) is 3.40. The van der Waals surface area contributed by atoms with Crippen LogP contribution in [0.1, 0.15) is 31.4 Å². The van der Waals surface area contributed by atoms with E-state index < -0.39 is 6.04 Å². The average Bonchev–Trinajstić information content (AvgIpc) is 2.86. The molecule has 1 heterocycles. The highest BCUT2D eigenvalue weighted by Gasteiger charge is 2.31. The molecule has 0 aliphatic carbocycles. The molecule has 0 spiro atoms. The highest BCUT2D eigenvalue weighted by atomic mass is 35.5. The van der Waals surface area contributed by atoms with Crippen molar-refractivity contribution < 1.29 is 9.53 Å². The molecule has 2 N–H and O–H groups in total. The molecule has 1 fully saturated rings. The number of nitrogens with two attached hydrogens (primary N) is 1. The van der Waals surface area contributed by atoms with E-state index in [1.54, 1.807) is 14.0 Å². The highest BCUT2D eigenvalue weighted by Crippen LogP contribution is 2.33. The minimum atomic E-state index is -0.434.